The first-order valence-electron chi connectivity index (χ1n) is 4.60. The van der Waals surface area contributed by atoms with Crippen molar-refractivity contribution < 1.29 is 9.53 Å². The number of carbonyl (C=O) groups is 1. The molecule has 0 spiro atoms. The fraction of sp³-hybridized carbons (Fsp3) is 0.889. The fourth-order valence-corrected chi connectivity index (χ4v) is 1.32. The molecule has 2 atom stereocenters. The summed E-state index contributed by atoms with van der Waals surface area (Å²) in [4.78, 5) is 11.5. The molecule has 13 heavy (non-hydrogen) atoms. The normalized spacial score (nSPS) is 28.9. The standard InChI is InChI=1S/C9H18N2O2/c1-9(2,3)13-8(12)7-4-6(10)5-11-7/h6-7,11H,4-5,10H2,1-3H3. The lowest BCUT2D eigenvalue weighted by Gasteiger charge is -2.21. The Labute approximate surface area is 78.8 Å². The largest absolute Gasteiger partial charge is 0.459 e. The lowest BCUT2D eigenvalue weighted by atomic mass is 10.1. The average Bonchev–Trinajstić information content (AvgIpc) is 2.31. The van der Waals surface area contributed by atoms with Crippen LogP contribution < -0.4 is 11.1 Å². The van der Waals surface area contributed by atoms with Crippen LogP contribution in [0.3, 0.4) is 0 Å². The number of ether oxygens (including phenoxy) is 1. The van der Waals surface area contributed by atoms with Crippen LogP contribution in [0.25, 0.3) is 0 Å². The Morgan fingerprint density at radius 3 is 2.54 bits per heavy atom. The van der Waals surface area contributed by atoms with Gasteiger partial charge in [0.25, 0.3) is 0 Å². The molecule has 1 rings (SSSR count). The summed E-state index contributed by atoms with van der Waals surface area (Å²) in [7, 11) is 0. The molecule has 1 fully saturated rings. The van der Waals surface area contributed by atoms with Crippen molar-refractivity contribution in [3.8, 4) is 0 Å². The van der Waals surface area contributed by atoms with Gasteiger partial charge >= 0.3 is 5.97 Å². The molecule has 1 heterocycles. The maximum absolute atomic E-state index is 11.5. The molecule has 0 bridgehead atoms. The lowest BCUT2D eigenvalue weighted by Crippen LogP contribution is -2.37. The van der Waals surface area contributed by atoms with Gasteiger partial charge in [0.2, 0.25) is 0 Å². The molecule has 76 valence electrons. The summed E-state index contributed by atoms with van der Waals surface area (Å²) in [5.41, 5.74) is 5.25. The van der Waals surface area contributed by atoms with Crippen LogP contribution in [-0.2, 0) is 9.53 Å². The Morgan fingerprint density at radius 1 is 1.54 bits per heavy atom. The highest BCUT2D eigenvalue weighted by molar-refractivity contribution is 5.76. The number of hydrogen-bond donors (Lipinski definition) is 2. The van der Waals surface area contributed by atoms with Crippen LogP contribution in [0, 0.1) is 0 Å². The summed E-state index contributed by atoms with van der Waals surface area (Å²) >= 11 is 0. The third kappa shape index (κ3) is 3.32. The minimum Gasteiger partial charge on any atom is -0.459 e. The summed E-state index contributed by atoms with van der Waals surface area (Å²) in [5.74, 6) is -0.194. The van der Waals surface area contributed by atoms with E-state index in [1.54, 1.807) is 0 Å². The zero-order valence-corrected chi connectivity index (χ0v) is 8.46. The highest BCUT2D eigenvalue weighted by atomic mass is 16.6. The van der Waals surface area contributed by atoms with Gasteiger partial charge in [-0.3, -0.25) is 4.79 Å². The molecule has 2 unspecified atom stereocenters. The summed E-state index contributed by atoms with van der Waals surface area (Å²) in [5, 5.41) is 3.03. The molecule has 0 amide bonds. The molecular weight excluding hydrogens is 168 g/mol. The molecule has 0 saturated carbocycles. The first-order valence-corrected chi connectivity index (χ1v) is 4.60. The van der Waals surface area contributed by atoms with E-state index < -0.39 is 5.60 Å². The van der Waals surface area contributed by atoms with E-state index in [0.717, 1.165) is 0 Å². The molecule has 0 aromatic carbocycles. The lowest BCUT2D eigenvalue weighted by molar-refractivity contribution is -0.157. The zero-order chi connectivity index (χ0) is 10.1. The van der Waals surface area contributed by atoms with E-state index in [1.807, 2.05) is 20.8 Å². The monoisotopic (exact) mass is 186 g/mol. The number of hydrogen-bond acceptors (Lipinski definition) is 4. The molecule has 0 aromatic rings. The minimum atomic E-state index is -0.411. The van der Waals surface area contributed by atoms with Crippen LogP contribution >= 0.6 is 0 Å². The summed E-state index contributed by atoms with van der Waals surface area (Å²) in [6, 6.07) is -0.133. The Kier molecular flexibility index (Phi) is 2.93. The van der Waals surface area contributed by atoms with Gasteiger partial charge in [-0.2, -0.15) is 0 Å². The van der Waals surface area contributed by atoms with E-state index in [4.69, 9.17) is 10.5 Å². The zero-order valence-electron chi connectivity index (χ0n) is 8.46. The quantitative estimate of drug-likeness (QED) is 0.566. The number of esters is 1. The van der Waals surface area contributed by atoms with Gasteiger partial charge in [-0.1, -0.05) is 0 Å². The van der Waals surface area contributed by atoms with Gasteiger partial charge < -0.3 is 15.8 Å². The summed E-state index contributed by atoms with van der Waals surface area (Å²) < 4.78 is 5.21. The van der Waals surface area contributed by atoms with Crippen LogP contribution in [-0.4, -0.2) is 30.2 Å². The van der Waals surface area contributed by atoms with Gasteiger partial charge in [0.1, 0.15) is 11.6 Å². The summed E-state index contributed by atoms with van der Waals surface area (Å²) in [6.07, 6.45) is 0.676. The molecule has 0 aliphatic carbocycles. The Bertz CT molecular complexity index is 198. The van der Waals surface area contributed by atoms with Gasteiger partial charge in [0, 0.05) is 12.6 Å². The third-order valence-electron chi connectivity index (χ3n) is 1.86. The number of rotatable bonds is 1. The summed E-state index contributed by atoms with van der Waals surface area (Å²) in [6.45, 7) is 6.28. The van der Waals surface area contributed by atoms with Gasteiger partial charge in [0.05, 0.1) is 0 Å². The van der Waals surface area contributed by atoms with Crippen LogP contribution in [0.15, 0.2) is 0 Å². The highest BCUT2D eigenvalue weighted by Crippen LogP contribution is 2.12. The fourth-order valence-electron chi connectivity index (χ4n) is 1.32. The molecule has 1 saturated heterocycles. The maximum Gasteiger partial charge on any atom is 0.323 e. The second kappa shape index (κ2) is 3.64. The second-order valence-corrected chi connectivity index (χ2v) is 4.49. The molecule has 0 aromatic heterocycles. The van der Waals surface area contributed by atoms with Crippen LogP contribution in [0.1, 0.15) is 27.2 Å². The second-order valence-electron chi connectivity index (χ2n) is 4.49. The van der Waals surface area contributed by atoms with E-state index >= 15 is 0 Å². The van der Waals surface area contributed by atoms with E-state index in [2.05, 4.69) is 5.32 Å². The Hall–Kier alpha value is -0.610. The van der Waals surface area contributed by atoms with Gasteiger partial charge in [-0.25, -0.2) is 0 Å². The molecule has 0 radical (unpaired) electrons. The van der Waals surface area contributed by atoms with Crippen LogP contribution in [0.2, 0.25) is 0 Å². The van der Waals surface area contributed by atoms with Crippen molar-refractivity contribution in [1.29, 1.82) is 0 Å². The third-order valence-corrected chi connectivity index (χ3v) is 1.86. The van der Waals surface area contributed by atoms with Crippen molar-refractivity contribution in [3.63, 3.8) is 0 Å². The van der Waals surface area contributed by atoms with Crippen molar-refractivity contribution in [2.24, 2.45) is 5.73 Å². The van der Waals surface area contributed by atoms with Gasteiger partial charge in [-0.15, -0.1) is 0 Å². The van der Waals surface area contributed by atoms with Gasteiger partial charge in [-0.05, 0) is 27.2 Å². The topological polar surface area (TPSA) is 64.3 Å². The molecule has 4 heteroatoms. The van der Waals surface area contributed by atoms with Crippen molar-refractivity contribution in [2.75, 3.05) is 6.54 Å². The molecule has 4 nitrogen and oxygen atoms in total. The minimum absolute atomic E-state index is 0.0810. The Morgan fingerprint density at radius 2 is 2.15 bits per heavy atom. The van der Waals surface area contributed by atoms with Crippen molar-refractivity contribution in [3.05, 3.63) is 0 Å². The molecule has 3 N–H and O–H groups in total. The van der Waals surface area contributed by atoms with E-state index in [0.29, 0.717) is 13.0 Å². The SMILES string of the molecule is CC(C)(C)OC(=O)C1CC(N)CN1. The molecule has 1 aliphatic rings. The van der Waals surface area contributed by atoms with Gasteiger partial charge in [0.15, 0.2) is 0 Å². The maximum atomic E-state index is 11.5. The van der Waals surface area contributed by atoms with E-state index in [-0.39, 0.29) is 18.1 Å². The first-order chi connectivity index (χ1) is 5.88. The number of nitrogens with one attached hydrogen (secondary N) is 1. The average molecular weight is 186 g/mol. The molecular formula is C9H18N2O2. The van der Waals surface area contributed by atoms with Crippen LogP contribution in [0.5, 0.6) is 0 Å². The highest BCUT2D eigenvalue weighted by Gasteiger charge is 2.30. The predicted molar refractivity (Wildman–Crippen MR) is 50.2 cm³/mol. The number of carbonyl (C=O) groups excluding carboxylic acids is 1. The van der Waals surface area contributed by atoms with E-state index in [9.17, 15) is 4.79 Å². The predicted octanol–water partition coefficient (Wildman–Crippen LogP) is 0.0173. The van der Waals surface area contributed by atoms with Crippen molar-refractivity contribution >= 4 is 5.97 Å². The van der Waals surface area contributed by atoms with Crippen molar-refractivity contribution in [2.45, 2.75) is 44.9 Å². The number of nitrogens with two attached hydrogens (primary N) is 1. The Balaban J connectivity index is 2.41. The van der Waals surface area contributed by atoms with Crippen molar-refractivity contribution in [1.82, 2.24) is 5.32 Å². The smallest absolute Gasteiger partial charge is 0.323 e. The van der Waals surface area contributed by atoms with Crippen LogP contribution in [0.4, 0.5) is 0 Å². The molecule has 1 aliphatic heterocycles. The van der Waals surface area contributed by atoms with E-state index in [1.165, 1.54) is 0 Å². The first kappa shape index (κ1) is 10.5.